The molecule has 0 heterocycles. The first-order valence-electron chi connectivity index (χ1n) is 7.81. The number of alkyl halides is 4. The molecule has 2 atom stereocenters. The molecule has 0 saturated heterocycles. The molecule has 2 nitrogen and oxygen atoms in total. The molecule has 0 aliphatic heterocycles. The van der Waals surface area contributed by atoms with Gasteiger partial charge in [-0.05, 0) is 32.1 Å². The highest BCUT2D eigenvalue weighted by molar-refractivity contribution is 6.18. The Balaban J connectivity index is 1.96. The van der Waals surface area contributed by atoms with E-state index in [0.717, 1.165) is 32.1 Å². The van der Waals surface area contributed by atoms with E-state index < -0.39 is 23.6 Å². The predicted octanol–water partition coefficient (Wildman–Crippen LogP) is 4.41. The van der Waals surface area contributed by atoms with E-state index in [1.165, 1.54) is 0 Å². The van der Waals surface area contributed by atoms with Crippen LogP contribution in [0.3, 0.4) is 0 Å². The minimum absolute atomic E-state index is 0.0757. The number of carbonyl (C=O) groups is 1. The third-order valence-electron chi connectivity index (χ3n) is 4.96. The topological polar surface area (TPSA) is 29.1 Å². The summed E-state index contributed by atoms with van der Waals surface area (Å²) < 4.78 is 38.5. The van der Waals surface area contributed by atoms with Crippen LogP contribution in [0, 0.1) is 11.8 Å². The van der Waals surface area contributed by atoms with Gasteiger partial charge in [0, 0.05) is 11.8 Å². The van der Waals surface area contributed by atoms with Crippen LogP contribution in [0.2, 0.25) is 0 Å². The van der Waals surface area contributed by atoms with Crippen molar-refractivity contribution in [3.8, 4) is 0 Å². The molecule has 2 aliphatic carbocycles. The molecule has 0 aromatic carbocycles. The van der Waals surface area contributed by atoms with Gasteiger partial charge in [0.2, 0.25) is 5.91 Å². The van der Waals surface area contributed by atoms with Gasteiger partial charge in [-0.1, -0.05) is 25.7 Å². The summed E-state index contributed by atoms with van der Waals surface area (Å²) in [5.41, 5.74) is -0.401. The van der Waals surface area contributed by atoms with Crippen LogP contribution in [0.4, 0.5) is 13.2 Å². The molecule has 2 rings (SSSR count). The lowest BCUT2D eigenvalue weighted by Crippen LogP contribution is -2.53. The monoisotopic (exact) mass is 325 g/mol. The molecule has 0 aromatic heterocycles. The van der Waals surface area contributed by atoms with Crippen LogP contribution in [0.25, 0.3) is 0 Å². The first-order valence-corrected chi connectivity index (χ1v) is 8.34. The van der Waals surface area contributed by atoms with Gasteiger partial charge in [-0.15, -0.1) is 11.6 Å². The van der Waals surface area contributed by atoms with Crippen molar-refractivity contribution in [1.29, 1.82) is 0 Å². The highest BCUT2D eigenvalue weighted by Crippen LogP contribution is 2.40. The van der Waals surface area contributed by atoms with Crippen LogP contribution < -0.4 is 5.32 Å². The van der Waals surface area contributed by atoms with Gasteiger partial charge in [0.05, 0.1) is 11.5 Å². The number of hydrogen-bond donors (Lipinski definition) is 1. The molecule has 2 saturated carbocycles. The Morgan fingerprint density at radius 2 is 1.81 bits per heavy atom. The number of halogens is 4. The number of rotatable bonds is 3. The predicted molar refractivity (Wildman–Crippen MR) is 76.2 cm³/mol. The maximum absolute atomic E-state index is 12.8. The Labute approximate surface area is 128 Å². The molecular formula is C15H23ClF3NO. The maximum atomic E-state index is 12.8. The molecule has 0 radical (unpaired) electrons. The second-order valence-electron chi connectivity index (χ2n) is 6.57. The number of nitrogens with one attached hydrogen (secondary N) is 1. The highest BCUT2D eigenvalue weighted by Gasteiger charge is 2.44. The standard InChI is InChI=1S/C15H23ClF3NO/c16-10-14(7-2-1-3-8-14)20-13(21)11-5-4-6-12(9-11)15(17,18)19/h11-12H,1-10H2,(H,20,21). The van der Waals surface area contributed by atoms with Crippen molar-refractivity contribution in [2.45, 2.75) is 69.5 Å². The third-order valence-corrected chi connectivity index (χ3v) is 5.47. The molecule has 6 heteroatoms. The molecule has 2 aliphatic rings. The SMILES string of the molecule is O=C(NC1(CCl)CCCCC1)C1CCCC(C(F)(F)F)C1. The average Bonchev–Trinajstić information content (AvgIpc) is 2.47. The van der Waals surface area contributed by atoms with E-state index in [4.69, 9.17) is 11.6 Å². The molecule has 0 spiro atoms. The second kappa shape index (κ2) is 6.76. The Bertz CT molecular complexity index is 366. The summed E-state index contributed by atoms with van der Waals surface area (Å²) in [7, 11) is 0. The Hall–Kier alpha value is -0.450. The molecule has 122 valence electrons. The summed E-state index contributed by atoms with van der Waals surface area (Å²) in [4.78, 5) is 12.4. The third kappa shape index (κ3) is 4.27. The largest absolute Gasteiger partial charge is 0.391 e. The Morgan fingerprint density at radius 3 is 2.38 bits per heavy atom. The molecule has 21 heavy (non-hydrogen) atoms. The van der Waals surface area contributed by atoms with E-state index in [1.54, 1.807) is 0 Å². The molecular weight excluding hydrogens is 303 g/mol. The summed E-state index contributed by atoms with van der Waals surface area (Å²) in [6.45, 7) is 0. The summed E-state index contributed by atoms with van der Waals surface area (Å²) in [6.07, 6.45) is 1.73. The van der Waals surface area contributed by atoms with Gasteiger partial charge in [0.15, 0.2) is 0 Å². The average molecular weight is 326 g/mol. The van der Waals surface area contributed by atoms with E-state index in [-0.39, 0.29) is 18.7 Å². The van der Waals surface area contributed by atoms with Gasteiger partial charge >= 0.3 is 6.18 Å². The van der Waals surface area contributed by atoms with Gasteiger partial charge in [0.25, 0.3) is 0 Å². The fraction of sp³-hybridized carbons (Fsp3) is 0.933. The van der Waals surface area contributed by atoms with E-state index in [2.05, 4.69) is 5.32 Å². The molecule has 0 aromatic rings. The van der Waals surface area contributed by atoms with Crippen LogP contribution in [-0.2, 0) is 4.79 Å². The highest BCUT2D eigenvalue weighted by atomic mass is 35.5. The van der Waals surface area contributed by atoms with E-state index >= 15 is 0 Å². The van der Waals surface area contributed by atoms with Gasteiger partial charge < -0.3 is 5.32 Å². The van der Waals surface area contributed by atoms with Crippen molar-refractivity contribution in [1.82, 2.24) is 5.32 Å². The first-order chi connectivity index (χ1) is 9.86. The van der Waals surface area contributed by atoms with E-state index in [9.17, 15) is 18.0 Å². The summed E-state index contributed by atoms with van der Waals surface area (Å²) in [5, 5.41) is 2.99. The van der Waals surface area contributed by atoms with Crippen LogP contribution in [0.5, 0.6) is 0 Å². The van der Waals surface area contributed by atoms with Crippen LogP contribution in [0.1, 0.15) is 57.8 Å². The smallest absolute Gasteiger partial charge is 0.349 e. The van der Waals surface area contributed by atoms with Crippen molar-refractivity contribution in [3.05, 3.63) is 0 Å². The zero-order valence-electron chi connectivity index (χ0n) is 12.1. The Kier molecular flexibility index (Phi) is 5.44. The van der Waals surface area contributed by atoms with Crippen LogP contribution in [-0.4, -0.2) is 23.5 Å². The van der Waals surface area contributed by atoms with Crippen LogP contribution >= 0.6 is 11.6 Å². The molecule has 2 fully saturated rings. The zero-order valence-corrected chi connectivity index (χ0v) is 12.9. The lowest BCUT2D eigenvalue weighted by Gasteiger charge is -2.38. The minimum atomic E-state index is -4.19. The van der Waals surface area contributed by atoms with Gasteiger partial charge in [-0.3, -0.25) is 4.79 Å². The van der Waals surface area contributed by atoms with Crippen molar-refractivity contribution < 1.29 is 18.0 Å². The van der Waals surface area contributed by atoms with Gasteiger partial charge in [-0.2, -0.15) is 13.2 Å². The quantitative estimate of drug-likeness (QED) is 0.765. The Morgan fingerprint density at radius 1 is 1.14 bits per heavy atom. The molecule has 1 N–H and O–H groups in total. The van der Waals surface area contributed by atoms with Crippen molar-refractivity contribution in [2.75, 3.05) is 5.88 Å². The summed E-state index contributed by atoms with van der Waals surface area (Å²) in [6, 6.07) is 0. The van der Waals surface area contributed by atoms with Crippen LogP contribution in [0.15, 0.2) is 0 Å². The minimum Gasteiger partial charge on any atom is -0.349 e. The molecule has 1 amide bonds. The number of hydrogen-bond acceptors (Lipinski definition) is 1. The molecule has 2 unspecified atom stereocenters. The van der Waals surface area contributed by atoms with Gasteiger partial charge in [-0.25, -0.2) is 0 Å². The van der Waals surface area contributed by atoms with Crippen molar-refractivity contribution in [2.24, 2.45) is 11.8 Å². The van der Waals surface area contributed by atoms with Gasteiger partial charge in [0.1, 0.15) is 0 Å². The van der Waals surface area contributed by atoms with Crippen molar-refractivity contribution >= 4 is 17.5 Å². The second-order valence-corrected chi connectivity index (χ2v) is 6.83. The van der Waals surface area contributed by atoms with E-state index in [1.807, 2.05) is 0 Å². The normalized spacial score (nSPS) is 29.9. The van der Waals surface area contributed by atoms with E-state index in [0.29, 0.717) is 18.7 Å². The summed E-state index contributed by atoms with van der Waals surface area (Å²) >= 11 is 6.03. The summed E-state index contributed by atoms with van der Waals surface area (Å²) in [5.74, 6) is -1.74. The molecule has 0 bridgehead atoms. The fourth-order valence-electron chi connectivity index (χ4n) is 3.61. The lowest BCUT2D eigenvalue weighted by atomic mass is 9.78. The zero-order chi connectivity index (χ0) is 15.5. The number of carbonyl (C=O) groups excluding carboxylic acids is 1. The maximum Gasteiger partial charge on any atom is 0.391 e. The first kappa shape index (κ1) is 16.9. The van der Waals surface area contributed by atoms with Crippen molar-refractivity contribution in [3.63, 3.8) is 0 Å². The fourth-order valence-corrected chi connectivity index (χ4v) is 3.94. The number of amides is 1. The lowest BCUT2D eigenvalue weighted by molar-refractivity contribution is -0.186.